The fourth-order valence-electron chi connectivity index (χ4n) is 3.22. The van der Waals surface area contributed by atoms with Gasteiger partial charge in [0.2, 0.25) is 5.91 Å². The molecule has 0 radical (unpaired) electrons. The Labute approximate surface area is 165 Å². The van der Waals surface area contributed by atoms with Crippen LogP contribution in [-0.2, 0) is 11.3 Å². The van der Waals surface area contributed by atoms with Crippen molar-refractivity contribution in [2.75, 3.05) is 13.1 Å². The van der Waals surface area contributed by atoms with Crippen LogP contribution in [0.3, 0.4) is 0 Å². The summed E-state index contributed by atoms with van der Waals surface area (Å²) in [5.41, 5.74) is 0.816. The van der Waals surface area contributed by atoms with Gasteiger partial charge in [0.25, 0.3) is 0 Å². The maximum atomic E-state index is 12.4. The third-order valence-corrected chi connectivity index (χ3v) is 5.52. The summed E-state index contributed by atoms with van der Waals surface area (Å²) in [6, 6.07) is 5.06. The first-order chi connectivity index (χ1) is 12.4. The summed E-state index contributed by atoms with van der Waals surface area (Å²) >= 11 is 12.0. The van der Waals surface area contributed by atoms with Gasteiger partial charge in [-0.25, -0.2) is 4.79 Å². The van der Waals surface area contributed by atoms with Crippen molar-refractivity contribution in [3.63, 3.8) is 0 Å². The average molecular weight is 400 g/mol. The predicted octanol–water partition coefficient (Wildman–Crippen LogP) is 4.22. The van der Waals surface area contributed by atoms with E-state index in [-0.39, 0.29) is 23.9 Å². The molecule has 1 fully saturated rings. The zero-order chi connectivity index (χ0) is 19.1. The Morgan fingerprint density at radius 2 is 1.85 bits per heavy atom. The molecule has 0 aliphatic carbocycles. The number of nitrogens with zero attached hydrogens (tertiary/aromatic N) is 1. The molecule has 1 saturated heterocycles. The molecule has 2 N–H and O–H groups in total. The topological polar surface area (TPSA) is 61.4 Å². The molecule has 0 unspecified atom stereocenters. The Balaban J connectivity index is 1.75. The number of piperidine rings is 1. The number of likely N-dealkylation sites (tertiary alicyclic amines) is 1. The molecule has 1 aliphatic heterocycles. The highest BCUT2D eigenvalue weighted by Gasteiger charge is 2.27. The number of nitrogens with one attached hydrogen (secondary N) is 2. The van der Waals surface area contributed by atoms with Gasteiger partial charge < -0.3 is 15.5 Å². The molecule has 0 aromatic heterocycles. The second-order valence-corrected chi connectivity index (χ2v) is 7.52. The first-order valence-corrected chi connectivity index (χ1v) is 9.97. The Morgan fingerprint density at radius 1 is 1.19 bits per heavy atom. The van der Waals surface area contributed by atoms with E-state index >= 15 is 0 Å². The van der Waals surface area contributed by atoms with E-state index in [4.69, 9.17) is 23.2 Å². The molecule has 26 heavy (non-hydrogen) atoms. The highest BCUT2D eigenvalue weighted by Crippen LogP contribution is 2.21. The van der Waals surface area contributed by atoms with E-state index in [1.807, 2.05) is 4.90 Å². The molecule has 0 bridgehead atoms. The fourth-order valence-corrected chi connectivity index (χ4v) is 3.69. The molecule has 1 aliphatic rings. The molecule has 1 aromatic carbocycles. The second-order valence-electron chi connectivity index (χ2n) is 6.68. The van der Waals surface area contributed by atoms with Crippen molar-refractivity contribution >= 4 is 35.1 Å². The van der Waals surface area contributed by atoms with Gasteiger partial charge >= 0.3 is 6.03 Å². The average Bonchev–Trinajstić information content (AvgIpc) is 2.62. The molecular formula is C19H27Cl2N3O2. The van der Waals surface area contributed by atoms with Gasteiger partial charge in [0, 0.05) is 41.6 Å². The van der Waals surface area contributed by atoms with Crippen LogP contribution >= 0.6 is 23.2 Å². The van der Waals surface area contributed by atoms with Crippen LogP contribution < -0.4 is 10.6 Å². The number of urea groups is 1. The maximum absolute atomic E-state index is 12.4. The van der Waals surface area contributed by atoms with E-state index in [0.717, 1.165) is 31.2 Å². The van der Waals surface area contributed by atoms with Gasteiger partial charge in [0.05, 0.1) is 0 Å². The van der Waals surface area contributed by atoms with E-state index in [1.165, 1.54) is 0 Å². The minimum Gasteiger partial charge on any atom is -0.342 e. The van der Waals surface area contributed by atoms with Crippen LogP contribution in [0.2, 0.25) is 10.0 Å². The molecule has 0 atom stereocenters. The normalized spacial score (nSPS) is 15.2. The summed E-state index contributed by atoms with van der Waals surface area (Å²) in [4.78, 5) is 26.4. The zero-order valence-corrected chi connectivity index (χ0v) is 16.9. The van der Waals surface area contributed by atoms with Crippen molar-refractivity contribution < 1.29 is 9.59 Å². The number of carbonyl (C=O) groups is 2. The van der Waals surface area contributed by atoms with Gasteiger partial charge in [0.15, 0.2) is 0 Å². The van der Waals surface area contributed by atoms with E-state index in [1.54, 1.807) is 18.2 Å². The van der Waals surface area contributed by atoms with Crippen LogP contribution in [-0.4, -0.2) is 36.0 Å². The molecule has 5 nitrogen and oxygen atoms in total. The Bertz CT molecular complexity index is 627. The summed E-state index contributed by atoms with van der Waals surface area (Å²) in [6.45, 7) is 5.84. The second kappa shape index (κ2) is 10.0. The lowest BCUT2D eigenvalue weighted by molar-refractivity contribution is -0.136. The van der Waals surface area contributed by atoms with Crippen LogP contribution in [0.25, 0.3) is 0 Å². The third-order valence-electron chi connectivity index (χ3n) is 4.93. The fraction of sp³-hybridized carbons (Fsp3) is 0.579. The van der Waals surface area contributed by atoms with Crippen LogP contribution in [0.5, 0.6) is 0 Å². The molecule has 3 amide bonds. The van der Waals surface area contributed by atoms with Crippen LogP contribution in [0.1, 0.15) is 45.1 Å². The van der Waals surface area contributed by atoms with E-state index in [9.17, 15) is 9.59 Å². The summed E-state index contributed by atoms with van der Waals surface area (Å²) in [6.07, 6.45) is 3.31. The highest BCUT2D eigenvalue weighted by atomic mass is 35.5. The number of carbonyl (C=O) groups excluding carboxylic acids is 2. The monoisotopic (exact) mass is 399 g/mol. The SMILES string of the molecule is CCC(CC)C(=O)N1CCC(NC(=O)NCc2ccc(Cl)cc2Cl)CC1. The van der Waals surface area contributed by atoms with Crippen LogP contribution in [0.4, 0.5) is 4.79 Å². The summed E-state index contributed by atoms with van der Waals surface area (Å²) in [7, 11) is 0. The number of rotatable bonds is 6. The van der Waals surface area contributed by atoms with E-state index in [0.29, 0.717) is 29.7 Å². The Kier molecular flexibility index (Phi) is 8.04. The lowest BCUT2D eigenvalue weighted by Gasteiger charge is -2.34. The van der Waals surface area contributed by atoms with Crippen molar-refractivity contribution in [1.82, 2.24) is 15.5 Å². The van der Waals surface area contributed by atoms with Gasteiger partial charge in [0.1, 0.15) is 0 Å². The molecule has 1 heterocycles. The van der Waals surface area contributed by atoms with Crippen molar-refractivity contribution in [2.45, 2.75) is 52.1 Å². The van der Waals surface area contributed by atoms with Crippen molar-refractivity contribution in [3.05, 3.63) is 33.8 Å². The molecule has 7 heteroatoms. The van der Waals surface area contributed by atoms with Gasteiger partial charge in [-0.3, -0.25) is 4.79 Å². The predicted molar refractivity (Wildman–Crippen MR) is 106 cm³/mol. The number of benzene rings is 1. The maximum Gasteiger partial charge on any atom is 0.315 e. The minimum absolute atomic E-state index is 0.0847. The van der Waals surface area contributed by atoms with Crippen molar-refractivity contribution in [1.29, 1.82) is 0 Å². The first-order valence-electron chi connectivity index (χ1n) is 9.21. The molecule has 0 spiro atoms. The van der Waals surface area contributed by atoms with E-state index < -0.39 is 0 Å². The number of halogens is 2. The minimum atomic E-state index is -0.221. The number of amides is 3. The number of hydrogen-bond acceptors (Lipinski definition) is 2. The largest absolute Gasteiger partial charge is 0.342 e. The standard InChI is InChI=1S/C19H27Cl2N3O2/c1-3-13(4-2)18(25)24-9-7-16(8-10-24)23-19(26)22-12-14-5-6-15(20)11-17(14)21/h5-6,11,13,16H,3-4,7-10,12H2,1-2H3,(H2,22,23,26). The summed E-state index contributed by atoms with van der Waals surface area (Å²) in [5.74, 6) is 0.363. The smallest absolute Gasteiger partial charge is 0.315 e. The summed E-state index contributed by atoms with van der Waals surface area (Å²) < 4.78 is 0. The van der Waals surface area contributed by atoms with Gasteiger partial charge in [-0.15, -0.1) is 0 Å². The summed E-state index contributed by atoms with van der Waals surface area (Å²) in [5, 5.41) is 6.90. The van der Waals surface area contributed by atoms with Gasteiger partial charge in [-0.05, 0) is 43.4 Å². The van der Waals surface area contributed by atoms with Crippen molar-refractivity contribution in [3.8, 4) is 0 Å². The first kappa shape index (κ1) is 20.8. The van der Waals surface area contributed by atoms with Gasteiger partial charge in [-0.1, -0.05) is 43.1 Å². The third kappa shape index (κ3) is 5.78. The molecule has 2 rings (SSSR count). The van der Waals surface area contributed by atoms with Crippen LogP contribution in [0.15, 0.2) is 18.2 Å². The number of hydrogen-bond donors (Lipinski definition) is 2. The Morgan fingerprint density at radius 3 is 2.42 bits per heavy atom. The van der Waals surface area contributed by atoms with E-state index in [2.05, 4.69) is 24.5 Å². The highest BCUT2D eigenvalue weighted by molar-refractivity contribution is 6.35. The lowest BCUT2D eigenvalue weighted by Crippen LogP contribution is -2.50. The lowest BCUT2D eigenvalue weighted by atomic mass is 9.98. The van der Waals surface area contributed by atoms with Crippen molar-refractivity contribution in [2.24, 2.45) is 5.92 Å². The van der Waals surface area contributed by atoms with Crippen LogP contribution in [0, 0.1) is 5.92 Å². The zero-order valence-electron chi connectivity index (χ0n) is 15.4. The quantitative estimate of drug-likeness (QED) is 0.751. The van der Waals surface area contributed by atoms with Gasteiger partial charge in [-0.2, -0.15) is 0 Å². The molecule has 144 valence electrons. The molecule has 1 aromatic rings. The Hall–Kier alpha value is -1.46. The molecule has 0 saturated carbocycles. The molecular weight excluding hydrogens is 373 g/mol.